The molecule has 0 bridgehead atoms. The van der Waals surface area contributed by atoms with Gasteiger partial charge >= 0.3 is 0 Å². The molecule has 0 saturated carbocycles. The summed E-state index contributed by atoms with van der Waals surface area (Å²) < 4.78 is 27.4. The molecule has 2 rings (SSSR count). The third kappa shape index (κ3) is 5.95. The van der Waals surface area contributed by atoms with Gasteiger partial charge in [-0.3, -0.25) is 10.2 Å². The zero-order valence-corrected chi connectivity index (χ0v) is 18.8. The lowest BCUT2D eigenvalue weighted by atomic mass is 10.1. The number of carbonyl (C=O) groups is 1. The summed E-state index contributed by atoms with van der Waals surface area (Å²) in [5.41, 5.74) is 0.961. The predicted octanol–water partition coefficient (Wildman–Crippen LogP) is 2.82. The highest BCUT2D eigenvalue weighted by Gasteiger charge is 2.40. The van der Waals surface area contributed by atoms with E-state index in [1.807, 2.05) is 25.7 Å². The second-order valence-electron chi connectivity index (χ2n) is 8.11. The molecular formula is C21H34N4O3S. The first-order chi connectivity index (χ1) is 13.7. The van der Waals surface area contributed by atoms with Crippen LogP contribution in [-0.2, 0) is 21.2 Å². The Bertz CT molecular complexity index is 806. The summed E-state index contributed by atoms with van der Waals surface area (Å²) >= 11 is 0. The first-order valence-corrected chi connectivity index (χ1v) is 11.8. The van der Waals surface area contributed by atoms with E-state index in [2.05, 4.69) is 12.2 Å². The monoisotopic (exact) mass is 422 g/mol. The maximum Gasteiger partial charge on any atom is 0.266 e. The van der Waals surface area contributed by atoms with Crippen molar-refractivity contribution in [1.82, 2.24) is 14.5 Å². The van der Waals surface area contributed by atoms with E-state index >= 15 is 0 Å². The van der Waals surface area contributed by atoms with Crippen molar-refractivity contribution in [2.24, 2.45) is 5.92 Å². The quantitative estimate of drug-likeness (QED) is 0.606. The van der Waals surface area contributed by atoms with E-state index in [-0.39, 0.29) is 22.8 Å². The Balaban J connectivity index is 2.01. The third-order valence-corrected chi connectivity index (χ3v) is 6.90. The van der Waals surface area contributed by atoms with Crippen LogP contribution in [0.25, 0.3) is 0 Å². The van der Waals surface area contributed by atoms with Gasteiger partial charge in [-0.25, -0.2) is 12.7 Å². The van der Waals surface area contributed by atoms with E-state index in [0.29, 0.717) is 38.4 Å². The fourth-order valence-electron chi connectivity index (χ4n) is 3.46. The van der Waals surface area contributed by atoms with Crippen molar-refractivity contribution in [3.63, 3.8) is 0 Å². The Kier molecular flexibility index (Phi) is 8.07. The van der Waals surface area contributed by atoms with Crippen LogP contribution < -0.4 is 5.32 Å². The Morgan fingerprint density at radius 3 is 2.52 bits per heavy atom. The van der Waals surface area contributed by atoms with E-state index < -0.39 is 10.0 Å². The fourth-order valence-corrected chi connectivity index (χ4v) is 5.05. The highest BCUT2D eigenvalue weighted by atomic mass is 32.2. The number of nitrogens with zero attached hydrogens (tertiary/aromatic N) is 2. The molecule has 0 spiro atoms. The first-order valence-electron chi connectivity index (χ1n) is 10.4. The number of benzene rings is 1. The van der Waals surface area contributed by atoms with Gasteiger partial charge in [0.05, 0.1) is 10.9 Å². The van der Waals surface area contributed by atoms with Crippen LogP contribution >= 0.6 is 0 Å². The Morgan fingerprint density at radius 1 is 1.28 bits per heavy atom. The molecule has 0 aliphatic carbocycles. The van der Waals surface area contributed by atoms with Gasteiger partial charge < -0.3 is 10.2 Å². The zero-order chi connectivity index (χ0) is 21.6. The fraction of sp³-hybridized carbons (Fsp3) is 0.619. The maximum atomic E-state index is 13.1. The smallest absolute Gasteiger partial charge is 0.266 e. The largest absolute Gasteiger partial charge is 0.356 e. The predicted molar refractivity (Wildman–Crippen MR) is 115 cm³/mol. The molecule has 0 aromatic heterocycles. The van der Waals surface area contributed by atoms with Gasteiger partial charge in [-0.1, -0.05) is 39.3 Å². The summed E-state index contributed by atoms with van der Waals surface area (Å²) in [5.74, 6) is 0.417. The van der Waals surface area contributed by atoms with Gasteiger partial charge in [0, 0.05) is 26.1 Å². The van der Waals surface area contributed by atoms with Crippen molar-refractivity contribution in [1.29, 1.82) is 5.41 Å². The van der Waals surface area contributed by atoms with Crippen LogP contribution in [0.5, 0.6) is 0 Å². The standard InChI is InChI=1S/C21H34N4O3S/c1-5-6-13-24-15-17(4)25(21(24)22)29(27,28)19-9-7-18(8-10-19)11-12-23-20(26)14-16(2)3/h7-10,16-17,22H,5-6,11-15H2,1-4H3,(H,23,26). The van der Waals surface area contributed by atoms with E-state index in [1.54, 1.807) is 24.3 Å². The van der Waals surface area contributed by atoms with Crippen molar-refractivity contribution >= 4 is 21.9 Å². The van der Waals surface area contributed by atoms with Crippen molar-refractivity contribution in [3.05, 3.63) is 29.8 Å². The summed E-state index contributed by atoms with van der Waals surface area (Å²) in [6.07, 6.45) is 3.09. The van der Waals surface area contributed by atoms with Crippen LogP contribution in [0.2, 0.25) is 0 Å². The normalized spacial score (nSPS) is 17.3. The second kappa shape index (κ2) is 10.1. The zero-order valence-electron chi connectivity index (χ0n) is 17.9. The lowest BCUT2D eigenvalue weighted by Gasteiger charge is -2.23. The Labute approximate surface area is 175 Å². The topological polar surface area (TPSA) is 93.6 Å². The molecule has 2 N–H and O–H groups in total. The summed E-state index contributed by atoms with van der Waals surface area (Å²) in [4.78, 5) is 13.7. The molecule has 7 nitrogen and oxygen atoms in total. The number of hydrogen-bond donors (Lipinski definition) is 2. The van der Waals surface area contributed by atoms with E-state index in [9.17, 15) is 13.2 Å². The van der Waals surface area contributed by atoms with Gasteiger partial charge in [0.15, 0.2) is 0 Å². The van der Waals surface area contributed by atoms with Crippen molar-refractivity contribution in [2.45, 2.75) is 64.3 Å². The minimum Gasteiger partial charge on any atom is -0.356 e. The first kappa shape index (κ1) is 23.2. The van der Waals surface area contributed by atoms with Gasteiger partial charge in [0.1, 0.15) is 0 Å². The molecule has 1 aromatic carbocycles. The number of guanidine groups is 1. The number of unbranched alkanes of at least 4 members (excludes halogenated alkanes) is 1. The van der Waals surface area contributed by atoms with Gasteiger partial charge in [-0.2, -0.15) is 0 Å². The van der Waals surface area contributed by atoms with Crippen molar-refractivity contribution < 1.29 is 13.2 Å². The lowest BCUT2D eigenvalue weighted by molar-refractivity contribution is -0.121. The second-order valence-corrected chi connectivity index (χ2v) is 9.93. The average molecular weight is 423 g/mol. The molecule has 1 aromatic rings. The lowest BCUT2D eigenvalue weighted by Crippen LogP contribution is -2.39. The molecule has 1 saturated heterocycles. The number of nitrogens with one attached hydrogen (secondary N) is 2. The summed E-state index contributed by atoms with van der Waals surface area (Å²) in [6.45, 7) is 9.70. The van der Waals surface area contributed by atoms with Crippen LogP contribution in [0.15, 0.2) is 29.2 Å². The molecule has 1 amide bonds. The molecule has 162 valence electrons. The minimum atomic E-state index is -3.76. The molecule has 29 heavy (non-hydrogen) atoms. The van der Waals surface area contributed by atoms with E-state index in [0.717, 1.165) is 18.4 Å². The number of amides is 1. The Morgan fingerprint density at radius 2 is 1.93 bits per heavy atom. The SMILES string of the molecule is CCCCN1CC(C)N(S(=O)(=O)c2ccc(CCNC(=O)CC(C)C)cc2)C1=N. The van der Waals surface area contributed by atoms with Crippen LogP contribution in [0, 0.1) is 11.3 Å². The number of sulfonamides is 1. The molecule has 1 heterocycles. The van der Waals surface area contributed by atoms with Gasteiger partial charge in [-0.15, -0.1) is 0 Å². The summed E-state index contributed by atoms with van der Waals surface area (Å²) in [7, 11) is -3.76. The van der Waals surface area contributed by atoms with Crippen LogP contribution in [-0.4, -0.2) is 55.2 Å². The van der Waals surface area contributed by atoms with Crippen molar-refractivity contribution in [3.8, 4) is 0 Å². The Hall–Kier alpha value is -2.09. The summed E-state index contributed by atoms with van der Waals surface area (Å²) in [6, 6.07) is 6.48. The van der Waals surface area contributed by atoms with Crippen LogP contribution in [0.3, 0.4) is 0 Å². The molecule has 1 atom stereocenters. The summed E-state index contributed by atoms with van der Waals surface area (Å²) in [5, 5.41) is 11.2. The minimum absolute atomic E-state index is 0.0355. The van der Waals surface area contributed by atoms with Gasteiger partial charge in [0.2, 0.25) is 11.9 Å². The number of rotatable bonds is 10. The molecule has 1 fully saturated rings. The highest BCUT2D eigenvalue weighted by molar-refractivity contribution is 7.89. The molecule has 1 aliphatic heterocycles. The average Bonchev–Trinajstić information content (AvgIpc) is 2.93. The maximum absolute atomic E-state index is 13.1. The van der Waals surface area contributed by atoms with Gasteiger partial charge in [0.25, 0.3) is 10.0 Å². The molecule has 8 heteroatoms. The van der Waals surface area contributed by atoms with Crippen LogP contribution in [0.4, 0.5) is 0 Å². The van der Waals surface area contributed by atoms with Crippen molar-refractivity contribution in [2.75, 3.05) is 19.6 Å². The van der Waals surface area contributed by atoms with Crippen LogP contribution in [0.1, 0.15) is 52.5 Å². The highest BCUT2D eigenvalue weighted by Crippen LogP contribution is 2.25. The van der Waals surface area contributed by atoms with E-state index in [4.69, 9.17) is 5.41 Å². The number of carbonyl (C=O) groups excluding carboxylic acids is 1. The van der Waals surface area contributed by atoms with E-state index in [1.165, 1.54) is 4.31 Å². The molecule has 0 radical (unpaired) electrons. The third-order valence-electron chi connectivity index (χ3n) is 4.98. The number of hydrogen-bond acceptors (Lipinski definition) is 4. The molecule has 1 aliphatic rings. The molecular weight excluding hydrogens is 388 g/mol. The van der Waals surface area contributed by atoms with Gasteiger partial charge in [-0.05, 0) is 43.4 Å². The molecule has 1 unspecified atom stereocenters.